The van der Waals surface area contributed by atoms with Gasteiger partial charge in [0.2, 0.25) is 11.8 Å². The van der Waals surface area contributed by atoms with Gasteiger partial charge in [-0.15, -0.1) is 0 Å². The van der Waals surface area contributed by atoms with Gasteiger partial charge in [-0.05, 0) is 30.7 Å². The Morgan fingerprint density at radius 1 is 1.38 bits per heavy atom. The van der Waals surface area contributed by atoms with Gasteiger partial charge >= 0.3 is 11.9 Å². The van der Waals surface area contributed by atoms with E-state index in [0.717, 1.165) is 19.2 Å². The Labute approximate surface area is 169 Å². The summed E-state index contributed by atoms with van der Waals surface area (Å²) in [5.41, 5.74) is -2.15. The summed E-state index contributed by atoms with van der Waals surface area (Å²) in [6.07, 6.45) is 1.39. The van der Waals surface area contributed by atoms with Crippen LogP contribution in [0, 0.1) is 11.7 Å². The van der Waals surface area contributed by atoms with Crippen molar-refractivity contribution in [1.82, 2.24) is 4.98 Å². The monoisotopic (exact) mass is 422 g/mol. The Morgan fingerprint density at radius 2 is 2.10 bits per heavy atom. The number of aliphatic carboxylic acids is 1. The van der Waals surface area contributed by atoms with Crippen molar-refractivity contribution in [2.75, 3.05) is 19.0 Å². The van der Waals surface area contributed by atoms with Gasteiger partial charge < -0.3 is 19.9 Å². The van der Waals surface area contributed by atoms with E-state index in [1.54, 1.807) is 6.92 Å². The molecule has 2 N–H and O–H groups in total. The third-order valence-corrected chi connectivity index (χ3v) is 4.98. The minimum Gasteiger partial charge on any atom is -0.481 e. The summed E-state index contributed by atoms with van der Waals surface area (Å²) in [6.45, 7) is 1.84. The first kappa shape index (κ1) is 20.5. The van der Waals surface area contributed by atoms with Gasteiger partial charge in [-0.1, -0.05) is 17.7 Å². The summed E-state index contributed by atoms with van der Waals surface area (Å²) in [4.78, 5) is 42.1. The number of nitrogens with zero attached hydrogens (tertiary/aromatic N) is 1. The highest BCUT2D eigenvalue weighted by molar-refractivity contribution is 6.31. The van der Waals surface area contributed by atoms with Crippen LogP contribution in [0.15, 0.2) is 30.5 Å². The average molecular weight is 423 g/mol. The fourth-order valence-corrected chi connectivity index (χ4v) is 3.72. The summed E-state index contributed by atoms with van der Waals surface area (Å²) in [6, 6.07) is 4.96. The molecule has 0 bridgehead atoms. The molecule has 0 radical (unpaired) electrons. The summed E-state index contributed by atoms with van der Waals surface area (Å²) < 4.78 is 24.2. The normalized spacial score (nSPS) is 18.6. The zero-order valence-electron chi connectivity index (χ0n) is 15.4. The highest BCUT2D eigenvalue weighted by Crippen LogP contribution is 2.51. The molecule has 152 valence electrons. The van der Waals surface area contributed by atoms with Crippen LogP contribution in [-0.2, 0) is 24.5 Å². The quantitative estimate of drug-likeness (QED) is 0.542. The number of anilines is 1. The standard InChI is InChI=1S/C19H16ClFN2O6/c1-3-29-15-9(5-4-6-22-15)19(14(16(24)25)17(26)28-2)10-7-11(20)12(21)8-13(10)23-18(19)27/h4-8,14H,3H2,1-2H3,(H,23,27)(H,24,25). The number of amides is 1. The van der Waals surface area contributed by atoms with Crippen LogP contribution in [-0.4, -0.2) is 41.7 Å². The molecule has 2 heterocycles. The topological polar surface area (TPSA) is 115 Å². The molecule has 2 unspecified atom stereocenters. The number of hydrogen-bond acceptors (Lipinski definition) is 6. The second kappa shape index (κ2) is 7.67. The van der Waals surface area contributed by atoms with Crippen molar-refractivity contribution >= 4 is 35.1 Å². The Balaban J connectivity index is 2.46. The number of nitrogens with one attached hydrogen (secondary N) is 1. The second-order valence-corrected chi connectivity index (χ2v) is 6.56. The molecular formula is C19H16ClFN2O6. The predicted octanol–water partition coefficient (Wildman–Crippen LogP) is 2.38. The molecule has 2 aromatic rings. The maximum absolute atomic E-state index is 14.0. The summed E-state index contributed by atoms with van der Waals surface area (Å²) in [7, 11) is 1.00. The van der Waals surface area contributed by atoms with Crippen molar-refractivity contribution in [3.8, 4) is 5.88 Å². The van der Waals surface area contributed by atoms with E-state index in [-0.39, 0.29) is 34.3 Å². The van der Waals surface area contributed by atoms with Crippen molar-refractivity contribution < 1.29 is 33.4 Å². The molecule has 8 nitrogen and oxygen atoms in total. The van der Waals surface area contributed by atoms with Crippen molar-refractivity contribution in [3.63, 3.8) is 0 Å². The van der Waals surface area contributed by atoms with E-state index in [4.69, 9.17) is 16.3 Å². The Kier molecular flexibility index (Phi) is 5.43. The van der Waals surface area contributed by atoms with E-state index >= 15 is 0 Å². The van der Waals surface area contributed by atoms with Crippen LogP contribution < -0.4 is 10.1 Å². The van der Waals surface area contributed by atoms with E-state index < -0.39 is 35.0 Å². The first-order valence-electron chi connectivity index (χ1n) is 8.48. The summed E-state index contributed by atoms with van der Waals surface area (Å²) in [5, 5.41) is 12.0. The molecule has 0 saturated heterocycles. The van der Waals surface area contributed by atoms with Gasteiger partial charge in [0, 0.05) is 17.4 Å². The van der Waals surface area contributed by atoms with Gasteiger partial charge in [0.15, 0.2) is 5.92 Å². The number of hydrogen-bond donors (Lipinski definition) is 2. The molecule has 1 aromatic carbocycles. The third-order valence-electron chi connectivity index (χ3n) is 4.69. The molecule has 29 heavy (non-hydrogen) atoms. The van der Waals surface area contributed by atoms with Crippen molar-refractivity contribution in [3.05, 3.63) is 52.4 Å². The van der Waals surface area contributed by atoms with Gasteiger partial charge in [0.1, 0.15) is 11.2 Å². The lowest BCUT2D eigenvalue weighted by atomic mass is 9.66. The Bertz CT molecular complexity index is 1010. The molecule has 0 saturated carbocycles. The number of esters is 1. The molecule has 0 aliphatic carbocycles. The Hall–Kier alpha value is -3.20. The van der Waals surface area contributed by atoms with E-state index in [1.807, 2.05) is 0 Å². The number of pyridine rings is 1. The zero-order chi connectivity index (χ0) is 21.3. The number of carboxylic acids is 1. The van der Waals surface area contributed by atoms with Crippen molar-refractivity contribution in [1.29, 1.82) is 0 Å². The van der Waals surface area contributed by atoms with Crippen LogP contribution in [0.2, 0.25) is 5.02 Å². The van der Waals surface area contributed by atoms with Crippen molar-refractivity contribution in [2.45, 2.75) is 12.3 Å². The van der Waals surface area contributed by atoms with Crippen LogP contribution in [0.5, 0.6) is 5.88 Å². The number of aromatic nitrogens is 1. The third kappa shape index (κ3) is 3.07. The zero-order valence-corrected chi connectivity index (χ0v) is 16.1. The van der Waals surface area contributed by atoms with Crippen LogP contribution in [0.1, 0.15) is 18.1 Å². The lowest BCUT2D eigenvalue weighted by Crippen LogP contribution is -2.50. The van der Waals surface area contributed by atoms with E-state index in [9.17, 15) is 23.9 Å². The minimum absolute atomic E-state index is 0.000605. The van der Waals surface area contributed by atoms with Gasteiger partial charge in [0.25, 0.3) is 0 Å². The number of methoxy groups -OCH3 is 1. The van der Waals surface area contributed by atoms with Gasteiger partial charge in [-0.3, -0.25) is 14.4 Å². The van der Waals surface area contributed by atoms with Gasteiger partial charge in [0.05, 0.1) is 18.7 Å². The molecule has 2 atom stereocenters. The summed E-state index contributed by atoms with van der Waals surface area (Å²) >= 11 is 5.93. The lowest BCUT2D eigenvalue weighted by molar-refractivity contribution is -0.161. The van der Waals surface area contributed by atoms with Crippen LogP contribution >= 0.6 is 11.6 Å². The minimum atomic E-state index is -2.15. The highest BCUT2D eigenvalue weighted by atomic mass is 35.5. The number of fused-ring (bicyclic) bond motifs is 1. The number of ether oxygens (including phenoxy) is 2. The lowest BCUT2D eigenvalue weighted by Gasteiger charge is -2.33. The van der Waals surface area contributed by atoms with Crippen LogP contribution in [0.4, 0.5) is 10.1 Å². The molecule has 0 fully saturated rings. The van der Waals surface area contributed by atoms with Crippen LogP contribution in [0.25, 0.3) is 0 Å². The molecule has 0 spiro atoms. The van der Waals surface area contributed by atoms with Crippen molar-refractivity contribution in [2.24, 2.45) is 5.92 Å². The maximum Gasteiger partial charge on any atom is 0.321 e. The molecule has 1 amide bonds. The fraction of sp³-hybridized carbons (Fsp3) is 0.263. The summed E-state index contributed by atoms with van der Waals surface area (Å²) in [5.74, 6) is -6.55. The largest absolute Gasteiger partial charge is 0.481 e. The number of carboxylic acid groups (broad SMARTS) is 1. The van der Waals surface area contributed by atoms with E-state index in [1.165, 1.54) is 18.3 Å². The first-order chi connectivity index (χ1) is 13.8. The molecule has 1 aromatic heterocycles. The average Bonchev–Trinajstić information content (AvgIpc) is 2.94. The maximum atomic E-state index is 14.0. The second-order valence-electron chi connectivity index (χ2n) is 6.16. The highest BCUT2D eigenvalue weighted by Gasteiger charge is 2.61. The predicted molar refractivity (Wildman–Crippen MR) is 99.4 cm³/mol. The molecular weight excluding hydrogens is 407 g/mol. The number of benzene rings is 1. The van der Waals surface area contributed by atoms with Gasteiger partial charge in [-0.2, -0.15) is 0 Å². The number of carbonyl (C=O) groups excluding carboxylic acids is 2. The van der Waals surface area contributed by atoms with Gasteiger partial charge in [-0.25, -0.2) is 9.37 Å². The number of carbonyl (C=O) groups is 3. The van der Waals surface area contributed by atoms with E-state index in [2.05, 4.69) is 15.0 Å². The Morgan fingerprint density at radius 3 is 2.72 bits per heavy atom. The molecule has 3 rings (SSSR count). The van der Waals surface area contributed by atoms with E-state index in [0.29, 0.717) is 0 Å². The molecule has 1 aliphatic rings. The van der Waals surface area contributed by atoms with Crippen LogP contribution in [0.3, 0.4) is 0 Å². The molecule has 1 aliphatic heterocycles. The fourth-order valence-electron chi connectivity index (χ4n) is 3.55. The molecule has 10 heteroatoms. The first-order valence-corrected chi connectivity index (χ1v) is 8.86. The number of rotatable bonds is 6. The smallest absolute Gasteiger partial charge is 0.321 e. The number of halogens is 2. The SMILES string of the molecule is CCOc1ncccc1C1(C(C(=O)O)C(=O)OC)C(=O)Nc2cc(F)c(Cl)cc21.